The van der Waals surface area contributed by atoms with E-state index in [0.717, 1.165) is 5.56 Å². The SMILES string of the molecule is Cc1ccc(NC(=O)c2ccccc2Br)c(C(=O)O)c1. The molecule has 4 nitrogen and oxygen atoms in total. The molecular weight excluding hydrogens is 322 g/mol. The van der Waals surface area contributed by atoms with E-state index in [1.807, 2.05) is 0 Å². The van der Waals surface area contributed by atoms with Crippen molar-refractivity contribution in [1.82, 2.24) is 0 Å². The molecule has 0 spiro atoms. The molecular formula is C15H12BrNO3. The fourth-order valence-corrected chi connectivity index (χ4v) is 2.24. The minimum absolute atomic E-state index is 0.0744. The molecule has 2 aromatic carbocycles. The lowest BCUT2D eigenvalue weighted by Gasteiger charge is -2.10. The van der Waals surface area contributed by atoms with Gasteiger partial charge < -0.3 is 10.4 Å². The summed E-state index contributed by atoms with van der Waals surface area (Å²) >= 11 is 3.29. The lowest BCUT2D eigenvalue weighted by Crippen LogP contribution is -2.15. The molecule has 0 aliphatic carbocycles. The van der Waals surface area contributed by atoms with Crippen LogP contribution in [0.25, 0.3) is 0 Å². The summed E-state index contributed by atoms with van der Waals surface area (Å²) in [5.41, 5.74) is 1.62. The second kappa shape index (κ2) is 5.88. The Balaban J connectivity index is 2.33. The van der Waals surface area contributed by atoms with Gasteiger partial charge in [-0.1, -0.05) is 23.8 Å². The molecule has 2 rings (SSSR count). The van der Waals surface area contributed by atoms with Crippen LogP contribution < -0.4 is 5.32 Å². The van der Waals surface area contributed by atoms with Crippen molar-refractivity contribution in [2.24, 2.45) is 0 Å². The Bertz CT molecular complexity index is 683. The second-order valence-electron chi connectivity index (χ2n) is 4.29. The van der Waals surface area contributed by atoms with Gasteiger partial charge in [-0.05, 0) is 47.1 Å². The number of aryl methyl sites for hydroxylation is 1. The van der Waals surface area contributed by atoms with Gasteiger partial charge in [0, 0.05) is 4.47 Å². The second-order valence-corrected chi connectivity index (χ2v) is 5.14. The highest BCUT2D eigenvalue weighted by molar-refractivity contribution is 9.10. The number of hydrogen-bond acceptors (Lipinski definition) is 2. The van der Waals surface area contributed by atoms with Crippen LogP contribution in [-0.4, -0.2) is 17.0 Å². The van der Waals surface area contributed by atoms with E-state index in [2.05, 4.69) is 21.2 Å². The van der Waals surface area contributed by atoms with Crippen LogP contribution >= 0.6 is 15.9 Å². The van der Waals surface area contributed by atoms with Crippen LogP contribution in [-0.2, 0) is 0 Å². The number of halogens is 1. The van der Waals surface area contributed by atoms with Gasteiger partial charge in [-0.3, -0.25) is 4.79 Å². The number of rotatable bonds is 3. The topological polar surface area (TPSA) is 66.4 Å². The fourth-order valence-electron chi connectivity index (χ4n) is 1.78. The summed E-state index contributed by atoms with van der Waals surface area (Å²) in [5.74, 6) is -1.43. The molecule has 102 valence electrons. The van der Waals surface area contributed by atoms with E-state index in [4.69, 9.17) is 5.11 Å². The van der Waals surface area contributed by atoms with E-state index in [9.17, 15) is 9.59 Å². The predicted octanol–water partition coefficient (Wildman–Crippen LogP) is 3.71. The zero-order chi connectivity index (χ0) is 14.7. The maximum absolute atomic E-state index is 12.2. The van der Waals surface area contributed by atoms with Gasteiger partial charge in [0.05, 0.1) is 16.8 Å². The molecule has 0 bridgehead atoms. The van der Waals surface area contributed by atoms with Gasteiger partial charge in [-0.15, -0.1) is 0 Å². The first kappa shape index (κ1) is 14.3. The van der Waals surface area contributed by atoms with E-state index >= 15 is 0 Å². The van der Waals surface area contributed by atoms with E-state index in [0.29, 0.717) is 10.0 Å². The van der Waals surface area contributed by atoms with Crippen LogP contribution in [0.15, 0.2) is 46.9 Å². The summed E-state index contributed by atoms with van der Waals surface area (Å²) in [6.07, 6.45) is 0. The molecule has 0 heterocycles. The molecule has 0 unspecified atom stereocenters. The van der Waals surface area contributed by atoms with Crippen molar-refractivity contribution in [1.29, 1.82) is 0 Å². The minimum atomic E-state index is -1.07. The summed E-state index contributed by atoms with van der Waals surface area (Å²) < 4.78 is 0.654. The average Bonchev–Trinajstić information content (AvgIpc) is 2.41. The van der Waals surface area contributed by atoms with Crippen LogP contribution in [0, 0.1) is 6.92 Å². The summed E-state index contributed by atoms with van der Waals surface area (Å²) in [5, 5.41) is 11.8. The van der Waals surface area contributed by atoms with Crippen LogP contribution in [0.5, 0.6) is 0 Å². The largest absolute Gasteiger partial charge is 0.478 e. The van der Waals surface area contributed by atoms with Gasteiger partial charge in [0.2, 0.25) is 0 Å². The van der Waals surface area contributed by atoms with Crippen LogP contribution in [0.2, 0.25) is 0 Å². The van der Waals surface area contributed by atoms with E-state index in [-0.39, 0.29) is 17.2 Å². The van der Waals surface area contributed by atoms with Gasteiger partial charge in [-0.2, -0.15) is 0 Å². The zero-order valence-electron chi connectivity index (χ0n) is 10.7. The number of aromatic carboxylic acids is 1. The third-order valence-corrected chi connectivity index (χ3v) is 3.46. The quantitative estimate of drug-likeness (QED) is 0.899. The van der Waals surface area contributed by atoms with Crippen molar-refractivity contribution in [2.45, 2.75) is 6.92 Å². The lowest BCUT2D eigenvalue weighted by atomic mass is 10.1. The molecule has 0 radical (unpaired) electrons. The molecule has 5 heteroatoms. The van der Waals surface area contributed by atoms with Crippen molar-refractivity contribution in [3.8, 4) is 0 Å². The van der Waals surface area contributed by atoms with E-state index in [1.54, 1.807) is 43.3 Å². The summed E-state index contributed by atoms with van der Waals surface area (Å²) in [6.45, 7) is 1.80. The Morgan fingerprint density at radius 1 is 1.10 bits per heavy atom. The number of carboxylic acids is 1. The Morgan fingerprint density at radius 2 is 1.80 bits per heavy atom. The third-order valence-electron chi connectivity index (χ3n) is 2.77. The number of carbonyl (C=O) groups excluding carboxylic acids is 1. The highest BCUT2D eigenvalue weighted by Crippen LogP contribution is 2.21. The molecule has 0 fully saturated rings. The van der Waals surface area contributed by atoms with Crippen molar-refractivity contribution in [3.05, 3.63) is 63.6 Å². The number of benzene rings is 2. The maximum Gasteiger partial charge on any atom is 0.337 e. The molecule has 0 aromatic heterocycles. The summed E-state index contributed by atoms with van der Waals surface area (Å²) in [4.78, 5) is 23.4. The van der Waals surface area contributed by atoms with E-state index in [1.165, 1.54) is 6.07 Å². The van der Waals surface area contributed by atoms with Crippen molar-refractivity contribution < 1.29 is 14.7 Å². The molecule has 2 aromatic rings. The number of hydrogen-bond donors (Lipinski definition) is 2. The number of nitrogens with one attached hydrogen (secondary N) is 1. The third kappa shape index (κ3) is 3.05. The molecule has 1 amide bonds. The standard InChI is InChI=1S/C15H12BrNO3/c1-9-6-7-13(11(8-9)15(19)20)17-14(18)10-4-2-3-5-12(10)16/h2-8H,1H3,(H,17,18)(H,19,20). The molecule has 0 saturated carbocycles. The van der Waals surface area contributed by atoms with Crippen LogP contribution in [0.1, 0.15) is 26.3 Å². The average molecular weight is 334 g/mol. The molecule has 0 atom stereocenters. The summed E-state index contributed by atoms with van der Waals surface area (Å²) in [6, 6.07) is 11.8. The molecule has 0 aliphatic rings. The number of amides is 1. The lowest BCUT2D eigenvalue weighted by molar-refractivity contribution is 0.0698. The smallest absolute Gasteiger partial charge is 0.337 e. The van der Waals surface area contributed by atoms with Crippen LogP contribution in [0.4, 0.5) is 5.69 Å². The number of carbonyl (C=O) groups is 2. The van der Waals surface area contributed by atoms with Gasteiger partial charge in [0.1, 0.15) is 0 Å². The van der Waals surface area contributed by atoms with Gasteiger partial charge in [-0.25, -0.2) is 4.79 Å². The Hall–Kier alpha value is -2.14. The van der Waals surface area contributed by atoms with E-state index < -0.39 is 5.97 Å². The highest BCUT2D eigenvalue weighted by Gasteiger charge is 2.15. The van der Waals surface area contributed by atoms with Crippen molar-refractivity contribution in [3.63, 3.8) is 0 Å². The van der Waals surface area contributed by atoms with Crippen LogP contribution in [0.3, 0.4) is 0 Å². The normalized spacial score (nSPS) is 10.1. The Labute approximate surface area is 124 Å². The Morgan fingerprint density at radius 3 is 2.45 bits per heavy atom. The predicted molar refractivity (Wildman–Crippen MR) is 80.2 cm³/mol. The van der Waals surface area contributed by atoms with Gasteiger partial charge in [0.25, 0.3) is 5.91 Å². The molecule has 0 aliphatic heterocycles. The van der Waals surface area contributed by atoms with Crippen molar-refractivity contribution in [2.75, 3.05) is 5.32 Å². The first-order valence-electron chi connectivity index (χ1n) is 5.89. The monoisotopic (exact) mass is 333 g/mol. The first-order valence-corrected chi connectivity index (χ1v) is 6.68. The first-order chi connectivity index (χ1) is 9.49. The van der Waals surface area contributed by atoms with Gasteiger partial charge in [0.15, 0.2) is 0 Å². The minimum Gasteiger partial charge on any atom is -0.478 e. The van der Waals surface area contributed by atoms with Gasteiger partial charge >= 0.3 is 5.97 Å². The fraction of sp³-hybridized carbons (Fsp3) is 0.0667. The Kier molecular flexibility index (Phi) is 4.20. The van der Waals surface area contributed by atoms with Crippen molar-refractivity contribution >= 4 is 33.5 Å². The maximum atomic E-state index is 12.2. The molecule has 0 saturated heterocycles. The number of anilines is 1. The molecule has 20 heavy (non-hydrogen) atoms. The molecule has 2 N–H and O–H groups in total. The zero-order valence-corrected chi connectivity index (χ0v) is 12.3. The highest BCUT2D eigenvalue weighted by atomic mass is 79.9. The summed E-state index contributed by atoms with van der Waals surface area (Å²) in [7, 11) is 0. The number of carboxylic acid groups (broad SMARTS) is 1.